The van der Waals surface area contributed by atoms with Gasteiger partial charge >= 0.3 is 0 Å². The number of carbonyl (C=O) groups is 1. The Morgan fingerprint density at radius 3 is 2.80 bits per heavy atom. The second-order valence-corrected chi connectivity index (χ2v) is 3.39. The van der Waals surface area contributed by atoms with Gasteiger partial charge in [-0.25, -0.2) is 0 Å². The number of rotatable bonds is 3. The second kappa shape index (κ2) is 3.37. The van der Waals surface area contributed by atoms with E-state index in [0.29, 0.717) is 11.4 Å². The van der Waals surface area contributed by atoms with Gasteiger partial charge in [0.2, 0.25) is 5.91 Å². The van der Waals surface area contributed by atoms with Crippen molar-refractivity contribution in [3.63, 3.8) is 0 Å². The van der Waals surface area contributed by atoms with E-state index < -0.39 is 0 Å². The normalized spacial score (nSPS) is 20.2. The van der Waals surface area contributed by atoms with Crippen molar-refractivity contribution in [3.05, 3.63) is 0 Å². The number of amides is 1. The van der Waals surface area contributed by atoms with Crippen LogP contribution in [-0.2, 0) is 4.79 Å². The number of alkyl halides is 1. The van der Waals surface area contributed by atoms with Gasteiger partial charge in [-0.15, -0.1) is 0 Å². The number of hydrogen-bond donors (Lipinski definition) is 1. The molecule has 1 N–H and O–H groups in total. The summed E-state index contributed by atoms with van der Waals surface area (Å²) in [5.74, 6) is 0.849. The Balaban J connectivity index is 2.16. The molecule has 0 saturated heterocycles. The van der Waals surface area contributed by atoms with Crippen LogP contribution in [0.3, 0.4) is 0 Å². The fourth-order valence-electron chi connectivity index (χ4n) is 1.01. The summed E-state index contributed by atoms with van der Waals surface area (Å²) < 4.78 is 0. The fraction of sp³-hybridized carbons (Fsp3) is 0.857. The molecule has 58 valence electrons. The molecule has 0 radical (unpaired) electrons. The van der Waals surface area contributed by atoms with Gasteiger partial charge in [-0.1, -0.05) is 15.9 Å². The summed E-state index contributed by atoms with van der Waals surface area (Å²) in [6, 6.07) is 0.380. The van der Waals surface area contributed by atoms with E-state index in [1.54, 1.807) is 0 Å². The van der Waals surface area contributed by atoms with Crippen LogP contribution in [0.25, 0.3) is 0 Å². The summed E-state index contributed by atoms with van der Waals surface area (Å²) in [5.41, 5.74) is 0. The maximum absolute atomic E-state index is 10.8. The lowest BCUT2D eigenvalue weighted by atomic mass is 10.2. The minimum Gasteiger partial charge on any atom is -0.353 e. The van der Waals surface area contributed by atoms with Crippen LogP contribution in [0.4, 0.5) is 0 Å². The van der Waals surface area contributed by atoms with Gasteiger partial charge in [0.25, 0.3) is 0 Å². The molecule has 0 heterocycles. The lowest BCUT2D eigenvalue weighted by Crippen LogP contribution is -2.34. The average Bonchev–Trinajstić information content (AvgIpc) is 2.68. The highest BCUT2D eigenvalue weighted by Crippen LogP contribution is 2.32. The summed E-state index contributed by atoms with van der Waals surface area (Å²) in [7, 11) is 0. The molecule has 0 aromatic rings. The first-order valence-electron chi connectivity index (χ1n) is 3.59. The Hall–Kier alpha value is -0.0500. The monoisotopic (exact) mass is 205 g/mol. The Morgan fingerprint density at radius 2 is 2.40 bits per heavy atom. The summed E-state index contributed by atoms with van der Waals surface area (Å²) in [5, 5.41) is 3.33. The minimum atomic E-state index is 0.0967. The van der Waals surface area contributed by atoms with Crippen molar-refractivity contribution in [1.29, 1.82) is 0 Å². The molecule has 1 amide bonds. The molecule has 0 bridgehead atoms. The van der Waals surface area contributed by atoms with E-state index in [9.17, 15) is 4.79 Å². The van der Waals surface area contributed by atoms with Crippen LogP contribution in [0, 0.1) is 5.92 Å². The van der Waals surface area contributed by atoms with Crippen LogP contribution in [0.2, 0.25) is 0 Å². The van der Waals surface area contributed by atoms with Gasteiger partial charge in [0, 0.05) is 6.04 Å². The SMILES string of the molecule is CC(NC(=O)CBr)C1CC1. The zero-order valence-electron chi connectivity index (χ0n) is 6.06. The van der Waals surface area contributed by atoms with E-state index in [1.807, 2.05) is 0 Å². The summed E-state index contributed by atoms with van der Waals surface area (Å²) >= 11 is 3.10. The van der Waals surface area contributed by atoms with E-state index in [0.717, 1.165) is 5.92 Å². The highest BCUT2D eigenvalue weighted by molar-refractivity contribution is 9.09. The van der Waals surface area contributed by atoms with Crippen LogP contribution in [-0.4, -0.2) is 17.3 Å². The third-order valence-electron chi connectivity index (χ3n) is 1.84. The highest BCUT2D eigenvalue weighted by Gasteiger charge is 2.28. The quantitative estimate of drug-likeness (QED) is 0.692. The molecule has 1 aliphatic carbocycles. The standard InChI is InChI=1S/C7H12BrNO/c1-5(6-2-3-6)9-7(10)4-8/h5-6H,2-4H2,1H3,(H,9,10). The minimum absolute atomic E-state index is 0.0967. The number of carbonyl (C=O) groups excluding carboxylic acids is 1. The smallest absolute Gasteiger partial charge is 0.230 e. The molecule has 1 saturated carbocycles. The molecule has 0 aliphatic heterocycles. The summed E-state index contributed by atoms with van der Waals surface area (Å²) in [6.07, 6.45) is 2.56. The van der Waals surface area contributed by atoms with Crippen molar-refractivity contribution in [2.24, 2.45) is 5.92 Å². The Kier molecular flexibility index (Phi) is 2.72. The molecule has 1 aliphatic rings. The van der Waals surface area contributed by atoms with E-state index in [1.165, 1.54) is 12.8 Å². The van der Waals surface area contributed by atoms with Crippen molar-refractivity contribution in [1.82, 2.24) is 5.32 Å². The molecule has 0 aromatic carbocycles. The molecule has 1 unspecified atom stereocenters. The zero-order valence-corrected chi connectivity index (χ0v) is 7.65. The van der Waals surface area contributed by atoms with Crippen molar-refractivity contribution < 1.29 is 4.79 Å². The van der Waals surface area contributed by atoms with Crippen molar-refractivity contribution in [2.75, 3.05) is 5.33 Å². The Labute approximate surface area is 69.5 Å². The van der Waals surface area contributed by atoms with E-state index in [2.05, 4.69) is 28.2 Å². The van der Waals surface area contributed by atoms with E-state index in [-0.39, 0.29) is 5.91 Å². The topological polar surface area (TPSA) is 29.1 Å². The molecule has 1 atom stereocenters. The third-order valence-corrected chi connectivity index (χ3v) is 2.35. The molecule has 3 heteroatoms. The third kappa shape index (κ3) is 2.29. The first kappa shape index (κ1) is 8.05. The average molecular weight is 206 g/mol. The van der Waals surface area contributed by atoms with Crippen LogP contribution in [0.5, 0.6) is 0 Å². The second-order valence-electron chi connectivity index (χ2n) is 2.83. The maximum Gasteiger partial charge on any atom is 0.230 e. The number of nitrogens with one attached hydrogen (secondary N) is 1. The van der Waals surface area contributed by atoms with Gasteiger partial charge in [0.1, 0.15) is 0 Å². The number of hydrogen-bond acceptors (Lipinski definition) is 1. The van der Waals surface area contributed by atoms with Gasteiger partial charge < -0.3 is 5.32 Å². The first-order valence-corrected chi connectivity index (χ1v) is 4.71. The Bertz CT molecular complexity index is 134. The Morgan fingerprint density at radius 1 is 1.80 bits per heavy atom. The van der Waals surface area contributed by atoms with Crippen molar-refractivity contribution >= 4 is 21.8 Å². The highest BCUT2D eigenvalue weighted by atomic mass is 79.9. The van der Waals surface area contributed by atoms with Gasteiger partial charge in [-0.05, 0) is 25.7 Å². The molecule has 1 fully saturated rings. The lowest BCUT2D eigenvalue weighted by Gasteiger charge is -2.10. The molecule has 1 rings (SSSR count). The zero-order chi connectivity index (χ0) is 7.56. The predicted octanol–water partition coefficient (Wildman–Crippen LogP) is 1.30. The van der Waals surface area contributed by atoms with E-state index >= 15 is 0 Å². The fourth-order valence-corrected chi connectivity index (χ4v) is 1.17. The van der Waals surface area contributed by atoms with Gasteiger partial charge in [0.15, 0.2) is 0 Å². The molecule has 2 nitrogen and oxygen atoms in total. The van der Waals surface area contributed by atoms with Gasteiger partial charge in [0.05, 0.1) is 5.33 Å². The molecular weight excluding hydrogens is 194 g/mol. The largest absolute Gasteiger partial charge is 0.353 e. The van der Waals surface area contributed by atoms with Crippen LogP contribution in [0.1, 0.15) is 19.8 Å². The maximum atomic E-state index is 10.8. The van der Waals surface area contributed by atoms with Crippen molar-refractivity contribution in [2.45, 2.75) is 25.8 Å². The summed E-state index contributed by atoms with van der Waals surface area (Å²) in [6.45, 7) is 2.07. The predicted molar refractivity (Wildman–Crippen MR) is 44.1 cm³/mol. The summed E-state index contributed by atoms with van der Waals surface area (Å²) in [4.78, 5) is 10.8. The molecule has 10 heavy (non-hydrogen) atoms. The van der Waals surface area contributed by atoms with Gasteiger partial charge in [-0.3, -0.25) is 4.79 Å². The van der Waals surface area contributed by atoms with Crippen LogP contribution >= 0.6 is 15.9 Å². The lowest BCUT2D eigenvalue weighted by molar-refractivity contribution is -0.119. The van der Waals surface area contributed by atoms with Gasteiger partial charge in [-0.2, -0.15) is 0 Å². The first-order chi connectivity index (χ1) is 4.74. The van der Waals surface area contributed by atoms with Crippen molar-refractivity contribution in [3.8, 4) is 0 Å². The number of halogens is 1. The molecule has 0 spiro atoms. The van der Waals surface area contributed by atoms with Crippen LogP contribution < -0.4 is 5.32 Å². The van der Waals surface area contributed by atoms with E-state index in [4.69, 9.17) is 0 Å². The van der Waals surface area contributed by atoms with Crippen LogP contribution in [0.15, 0.2) is 0 Å². The molecular formula is C7H12BrNO. The molecule has 0 aromatic heterocycles.